The lowest BCUT2D eigenvalue weighted by atomic mass is 10.1. The van der Waals surface area contributed by atoms with Crippen molar-refractivity contribution in [1.82, 2.24) is 53.2 Å². The molecule has 20 aromatic rings. The number of benzene rings is 11. The maximum atomic E-state index is 4.90. The average Bonchev–Trinajstić information content (AvgIpc) is 1.62. The van der Waals surface area contributed by atoms with Gasteiger partial charge in [0.15, 0.2) is 11.6 Å². The highest BCUT2D eigenvalue weighted by molar-refractivity contribution is 9.11. The van der Waals surface area contributed by atoms with E-state index in [1.54, 1.807) is 0 Å². The number of halogens is 4. The minimum atomic E-state index is 0.563. The molecular weight excluding hydrogens is 1540 g/mol. The van der Waals surface area contributed by atoms with E-state index in [0.717, 1.165) is 123 Å². The van der Waals surface area contributed by atoms with E-state index in [-0.39, 0.29) is 0 Å². The van der Waals surface area contributed by atoms with Crippen molar-refractivity contribution in [1.29, 1.82) is 0 Å². The van der Waals surface area contributed by atoms with Gasteiger partial charge in [0.25, 0.3) is 0 Å². The molecule has 0 atom stereocenters. The fourth-order valence-corrected chi connectivity index (χ4v) is 15.1. The molecule has 0 fully saturated rings. The molecule has 0 bridgehead atoms. The Balaban J connectivity index is 0.000000104. The lowest BCUT2D eigenvalue weighted by molar-refractivity contribution is 0.953. The summed E-state index contributed by atoms with van der Waals surface area (Å²) >= 11 is 14.3. The van der Waals surface area contributed by atoms with Crippen molar-refractivity contribution >= 4 is 151 Å². The number of hydrogen-bond donors (Lipinski definition) is 0. The largest absolute Gasteiger partial charge is 0.308 e. The van der Waals surface area contributed by atoms with Crippen LogP contribution in [0.5, 0.6) is 0 Å². The molecular formula is C89H57Br4N11. The highest BCUT2D eigenvalue weighted by atomic mass is 79.9. The van der Waals surface area contributed by atoms with E-state index in [1.165, 1.54) is 33.2 Å². The molecule has 15 heteroatoms. The van der Waals surface area contributed by atoms with Crippen LogP contribution in [0.2, 0.25) is 0 Å². The highest BCUT2D eigenvalue weighted by Gasteiger charge is 2.21. The molecule has 11 aromatic carbocycles. The zero-order valence-electron chi connectivity index (χ0n) is 55.3. The van der Waals surface area contributed by atoms with E-state index in [4.69, 9.17) is 15.0 Å². The predicted molar refractivity (Wildman–Crippen MR) is 440 cm³/mol. The van der Waals surface area contributed by atoms with Gasteiger partial charge in [-0.1, -0.05) is 228 Å². The van der Waals surface area contributed by atoms with Crippen LogP contribution in [0.15, 0.2) is 364 Å². The maximum absolute atomic E-state index is 4.90. The summed E-state index contributed by atoms with van der Waals surface area (Å²) in [5.74, 6) is 1.82. The van der Waals surface area contributed by atoms with Crippen molar-refractivity contribution < 1.29 is 0 Å². The summed E-state index contributed by atoms with van der Waals surface area (Å²) in [5.41, 5.74) is 23.0. The second-order valence-electron chi connectivity index (χ2n) is 24.7. The lowest BCUT2D eigenvalue weighted by Crippen LogP contribution is -2.06. The van der Waals surface area contributed by atoms with Crippen LogP contribution in [-0.4, -0.2) is 53.2 Å². The number of fused-ring (bicyclic) bond motifs is 12. The first-order valence-electron chi connectivity index (χ1n) is 33.7. The van der Waals surface area contributed by atoms with E-state index >= 15 is 0 Å². The van der Waals surface area contributed by atoms with Crippen LogP contribution < -0.4 is 0 Å². The summed E-state index contributed by atoms with van der Waals surface area (Å²) in [6.45, 7) is 0. The normalized spacial score (nSPS) is 11.3. The molecule has 0 aliphatic carbocycles. The van der Waals surface area contributed by atoms with Crippen molar-refractivity contribution in [2.75, 3.05) is 0 Å². The number of rotatable bonds is 8. The molecule has 496 valence electrons. The summed E-state index contributed by atoms with van der Waals surface area (Å²) in [4.78, 5) is 33.0. The number of nitrogens with zero attached hydrogens (tertiary/aromatic N) is 11. The Kier molecular flexibility index (Phi) is 18.2. The van der Waals surface area contributed by atoms with Gasteiger partial charge in [0.1, 0.15) is 0 Å². The molecule has 0 N–H and O–H groups in total. The monoisotopic (exact) mass is 1600 g/mol. The smallest absolute Gasteiger partial charge is 0.238 e. The molecule has 0 unspecified atom stereocenters. The predicted octanol–water partition coefficient (Wildman–Crippen LogP) is 24.6. The van der Waals surface area contributed by atoms with Gasteiger partial charge in [0.2, 0.25) is 5.95 Å². The molecule has 9 aromatic heterocycles. The average molecular weight is 1600 g/mol. The van der Waals surface area contributed by atoms with Gasteiger partial charge in [-0.15, -0.1) is 0 Å². The van der Waals surface area contributed by atoms with Crippen LogP contribution in [0, 0.1) is 0 Å². The zero-order valence-corrected chi connectivity index (χ0v) is 61.7. The van der Waals surface area contributed by atoms with E-state index in [9.17, 15) is 0 Å². The van der Waals surface area contributed by atoms with Gasteiger partial charge in [-0.3, -0.25) is 24.5 Å². The molecule has 0 amide bonds. The van der Waals surface area contributed by atoms with Gasteiger partial charge in [0, 0.05) is 92.4 Å². The van der Waals surface area contributed by atoms with Crippen molar-refractivity contribution in [2.24, 2.45) is 0 Å². The summed E-state index contributed by atoms with van der Waals surface area (Å²) in [6.07, 6.45) is 7.36. The Hall–Kier alpha value is -11.9. The topological polar surface area (TPSA) is 110 Å². The van der Waals surface area contributed by atoms with Gasteiger partial charge in [-0.2, -0.15) is 9.97 Å². The molecule has 0 aliphatic rings. The molecule has 20 rings (SSSR count). The molecule has 104 heavy (non-hydrogen) atoms. The van der Waals surface area contributed by atoms with Crippen LogP contribution in [0.4, 0.5) is 0 Å². The Morgan fingerprint density at radius 3 is 0.894 bits per heavy atom. The van der Waals surface area contributed by atoms with Gasteiger partial charge >= 0.3 is 0 Å². The third-order valence-electron chi connectivity index (χ3n) is 18.3. The number of pyridine rings is 4. The van der Waals surface area contributed by atoms with Gasteiger partial charge < -0.3 is 13.7 Å². The van der Waals surface area contributed by atoms with Crippen LogP contribution in [0.25, 0.3) is 156 Å². The molecule has 11 nitrogen and oxygen atoms in total. The third-order valence-corrected chi connectivity index (χ3v) is 20.2. The van der Waals surface area contributed by atoms with Crippen molar-refractivity contribution in [3.63, 3.8) is 0 Å². The minimum Gasteiger partial charge on any atom is -0.308 e. The first kappa shape index (κ1) is 65.5. The fourth-order valence-electron chi connectivity index (χ4n) is 13.6. The van der Waals surface area contributed by atoms with Crippen LogP contribution in [-0.2, 0) is 0 Å². The fraction of sp³-hybridized carbons (Fsp3) is 0. The van der Waals surface area contributed by atoms with E-state index in [1.807, 2.05) is 140 Å². The van der Waals surface area contributed by atoms with Crippen LogP contribution in [0.1, 0.15) is 0 Å². The Morgan fingerprint density at radius 2 is 0.500 bits per heavy atom. The van der Waals surface area contributed by atoms with Crippen LogP contribution in [0.3, 0.4) is 0 Å². The SMILES string of the molecule is Brc1ccc2c(c1)c1ncccc1n2-c1ccc(-c2ccccc2)cc1.Brc1ccc2c(c1)c1ncccc1n2-c1cccc(-c2ccccc2)c1.Brc1ccc2c(c1)c1ncccc1n2-c1ccccc1.Brc1ccc2c(c1)c1ncccc1n2-c1nc(-c2ccccc2)nc(-c2ccccc2)n1. The first-order chi connectivity index (χ1) is 51.2. The van der Waals surface area contributed by atoms with Gasteiger partial charge in [-0.25, -0.2) is 4.98 Å². The van der Waals surface area contributed by atoms with Crippen molar-refractivity contribution in [2.45, 2.75) is 0 Å². The maximum Gasteiger partial charge on any atom is 0.238 e. The van der Waals surface area contributed by atoms with Crippen molar-refractivity contribution in [3.05, 3.63) is 364 Å². The molecule has 0 saturated carbocycles. The second kappa shape index (κ2) is 28.9. The lowest BCUT2D eigenvalue weighted by Gasteiger charge is -2.10. The van der Waals surface area contributed by atoms with Gasteiger partial charge in [-0.05, 0) is 180 Å². The summed E-state index contributed by atoms with van der Waals surface area (Å²) in [6, 6.07) is 110. The summed E-state index contributed by atoms with van der Waals surface area (Å²) in [5, 5.41) is 4.51. The number of para-hydroxylation sites is 1. The Labute approximate surface area is 631 Å². The Morgan fingerprint density at radius 1 is 0.202 bits per heavy atom. The third kappa shape index (κ3) is 12.8. The van der Waals surface area contributed by atoms with E-state index in [0.29, 0.717) is 17.6 Å². The number of aromatic nitrogens is 11. The molecule has 9 heterocycles. The summed E-state index contributed by atoms with van der Waals surface area (Å²) < 4.78 is 13.1. The summed E-state index contributed by atoms with van der Waals surface area (Å²) in [7, 11) is 0. The zero-order chi connectivity index (χ0) is 70.0. The number of hydrogen-bond acceptors (Lipinski definition) is 7. The van der Waals surface area contributed by atoms with E-state index in [2.05, 4.69) is 308 Å². The molecule has 0 spiro atoms. The van der Waals surface area contributed by atoms with Crippen LogP contribution >= 0.6 is 63.7 Å². The van der Waals surface area contributed by atoms with Crippen molar-refractivity contribution in [3.8, 4) is 68.0 Å². The van der Waals surface area contributed by atoms with E-state index < -0.39 is 0 Å². The Bertz CT molecular complexity index is 6470. The molecule has 0 radical (unpaired) electrons. The molecule has 0 aliphatic heterocycles. The second-order valence-corrected chi connectivity index (χ2v) is 28.3. The first-order valence-corrected chi connectivity index (χ1v) is 36.8. The highest BCUT2D eigenvalue weighted by Crippen LogP contribution is 2.38. The standard InChI is InChI=1S/C26H16BrN5.2C23H15BrN2.C17H11BrN2/c27-19-13-14-21-20(16-19)23-22(12-7-15-28-23)32(21)26-30-24(17-8-3-1-4-9-17)29-25(31-26)18-10-5-2-6-11-18;24-18-11-12-21-20(15-18)23-22(10-5-13-25-23)26(21)19-9-4-8-17(14-19)16-6-2-1-3-7-16;24-18-10-13-21-20(15-18)23-22(7-4-14-25-23)26(21)19-11-8-17(9-12-19)16-5-2-1-3-6-16;18-12-8-9-15-14(11-12)17-16(7-4-10-19-17)20(15)13-5-2-1-3-6-13/h1-16H;2*1-15H;1-11H. The molecule has 0 saturated heterocycles. The minimum absolute atomic E-state index is 0.563. The van der Waals surface area contributed by atoms with Gasteiger partial charge in [0.05, 0.1) is 66.2 Å². The quantitative estimate of drug-likeness (QED) is 0.149.